The molecule has 0 aliphatic carbocycles. The van der Waals surface area contributed by atoms with Gasteiger partial charge in [-0.05, 0) is 86.5 Å². The monoisotopic (exact) mass is 502 g/mol. The smallest absolute Gasteiger partial charge is 0.0431 e. The van der Waals surface area contributed by atoms with E-state index >= 15 is 0 Å². The average molecular weight is 503 g/mol. The summed E-state index contributed by atoms with van der Waals surface area (Å²) in [5.74, 6) is 0. The second-order valence-electron chi connectivity index (χ2n) is 11.2. The van der Waals surface area contributed by atoms with Gasteiger partial charge in [0.1, 0.15) is 0 Å². The SMILES string of the molecule is CCCCCCCCc1c(CCCCCC)ccc(CCCCCCCO)c1CCCCCCCO. The Labute approximate surface area is 225 Å². The largest absolute Gasteiger partial charge is 0.396 e. The van der Waals surface area contributed by atoms with Crippen molar-refractivity contribution in [1.82, 2.24) is 0 Å². The summed E-state index contributed by atoms with van der Waals surface area (Å²) >= 11 is 0. The molecular formula is C34H62O2. The number of hydrogen-bond acceptors (Lipinski definition) is 2. The van der Waals surface area contributed by atoms with Gasteiger partial charge in [0.15, 0.2) is 0 Å². The zero-order valence-corrected chi connectivity index (χ0v) is 24.4. The molecule has 210 valence electrons. The van der Waals surface area contributed by atoms with Crippen molar-refractivity contribution in [3.8, 4) is 0 Å². The van der Waals surface area contributed by atoms with Gasteiger partial charge in [0.05, 0.1) is 0 Å². The predicted octanol–water partition coefficient (Wildman–Crippen LogP) is 9.68. The Morgan fingerprint density at radius 2 is 0.694 bits per heavy atom. The first kappa shape index (κ1) is 33.2. The van der Waals surface area contributed by atoms with Crippen molar-refractivity contribution in [2.45, 2.75) is 168 Å². The third kappa shape index (κ3) is 16.1. The molecule has 0 aromatic heterocycles. The van der Waals surface area contributed by atoms with Crippen LogP contribution >= 0.6 is 0 Å². The minimum absolute atomic E-state index is 0.337. The number of rotatable bonds is 26. The Morgan fingerprint density at radius 1 is 0.389 bits per heavy atom. The average Bonchev–Trinajstić information content (AvgIpc) is 2.89. The van der Waals surface area contributed by atoms with Crippen LogP contribution in [0, 0.1) is 0 Å². The van der Waals surface area contributed by atoms with Crippen molar-refractivity contribution in [3.63, 3.8) is 0 Å². The standard InChI is InChI=1S/C34H62O2/c1-3-5-7-9-13-19-25-33-31(23-17-8-6-4-2)27-28-32(24-18-12-10-15-21-29-35)34(33)26-20-14-11-16-22-30-36/h27-28,35-36H,3-26,29-30H2,1-2H3. The van der Waals surface area contributed by atoms with E-state index in [2.05, 4.69) is 26.0 Å². The molecular weight excluding hydrogens is 440 g/mol. The van der Waals surface area contributed by atoms with Crippen LogP contribution in [0.3, 0.4) is 0 Å². The molecule has 0 atom stereocenters. The molecule has 0 heterocycles. The molecule has 1 rings (SSSR count). The Balaban J connectivity index is 2.92. The molecule has 2 N–H and O–H groups in total. The number of aliphatic hydroxyl groups is 2. The molecule has 2 nitrogen and oxygen atoms in total. The van der Waals surface area contributed by atoms with Crippen molar-refractivity contribution in [2.24, 2.45) is 0 Å². The molecule has 0 unspecified atom stereocenters. The number of aryl methyl sites for hydroxylation is 2. The topological polar surface area (TPSA) is 40.5 Å². The van der Waals surface area contributed by atoms with Crippen molar-refractivity contribution >= 4 is 0 Å². The minimum Gasteiger partial charge on any atom is -0.396 e. The molecule has 1 aromatic rings. The van der Waals surface area contributed by atoms with Crippen LogP contribution in [0.25, 0.3) is 0 Å². The first-order chi connectivity index (χ1) is 17.8. The first-order valence-corrected chi connectivity index (χ1v) is 16.1. The van der Waals surface area contributed by atoms with Crippen LogP contribution in [-0.2, 0) is 25.7 Å². The van der Waals surface area contributed by atoms with Crippen LogP contribution in [0.5, 0.6) is 0 Å². The van der Waals surface area contributed by atoms with Crippen LogP contribution in [0.2, 0.25) is 0 Å². The van der Waals surface area contributed by atoms with Crippen molar-refractivity contribution in [1.29, 1.82) is 0 Å². The molecule has 0 saturated heterocycles. The molecule has 0 spiro atoms. The van der Waals surface area contributed by atoms with E-state index < -0.39 is 0 Å². The molecule has 0 bridgehead atoms. The summed E-state index contributed by atoms with van der Waals surface area (Å²) in [6.07, 6.45) is 30.5. The molecule has 1 aromatic carbocycles. The second kappa shape index (κ2) is 24.5. The van der Waals surface area contributed by atoms with E-state index in [4.69, 9.17) is 10.2 Å². The lowest BCUT2D eigenvalue weighted by atomic mass is 9.85. The van der Waals surface area contributed by atoms with Crippen LogP contribution in [0.1, 0.15) is 165 Å². The maximum absolute atomic E-state index is 9.10. The third-order valence-electron chi connectivity index (χ3n) is 7.89. The van der Waals surface area contributed by atoms with E-state index in [1.807, 2.05) is 0 Å². The van der Waals surface area contributed by atoms with Gasteiger partial charge in [-0.3, -0.25) is 0 Å². The Bertz CT molecular complexity index is 609. The number of aliphatic hydroxyl groups excluding tert-OH is 2. The molecule has 0 aliphatic rings. The van der Waals surface area contributed by atoms with Gasteiger partial charge in [0, 0.05) is 13.2 Å². The van der Waals surface area contributed by atoms with Gasteiger partial charge >= 0.3 is 0 Å². The zero-order chi connectivity index (χ0) is 26.1. The maximum Gasteiger partial charge on any atom is 0.0431 e. The lowest BCUT2D eigenvalue weighted by Crippen LogP contribution is -2.07. The van der Waals surface area contributed by atoms with Gasteiger partial charge in [0.25, 0.3) is 0 Å². The fourth-order valence-electron chi connectivity index (χ4n) is 5.61. The molecule has 0 fully saturated rings. The third-order valence-corrected chi connectivity index (χ3v) is 7.89. The summed E-state index contributed by atoms with van der Waals surface area (Å²) in [6.45, 7) is 5.29. The zero-order valence-electron chi connectivity index (χ0n) is 24.4. The number of unbranched alkanes of at least 4 members (excludes halogenated alkanes) is 16. The summed E-state index contributed by atoms with van der Waals surface area (Å²) < 4.78 is 0. The highest BCUT2D eigenvalue weighted by molar-refractivity contribution is 5.42. The Kier molecular flexibility index (Phi) is 22.6. The van der Waals surface area contributed by atoms with Gasteiger partial charge in [-0.2, -0.15) is 0 Å². The normalized spacial score (nSPS) is 11.4. The quantitative estimate of drug-likeness (QED) is 0.124. The van der Waals surface area contributed by atoms with Crippen LogP contribution in [0.15, 0.2) is 12.1 Å². The second-order valence-corrected chi connectivity index (χ2v) is 11.2. The minimum atomic E-state index is 0.337. The fraction of sp³-hybridized carbons (Fsp3) is 0.824. The lowest BCUT2D eigenvalue weighted by Gasteiger charge is -2.20. The molecule has 0 aliphatic heterocycles. The summed E-state index contributed by atoms with van der Waals surface area (Å²) in [5, 5.41) is 18.2. The molecule has 0 radical (unpaired) electrons. The summed E-state index contributed by atoms with van der Waals surface area (Å²) in [7, 11) is 0. The number of benzene rings is 1. The van der Waals surface area contributed by atoms with Crippen LogP contribution in [0.4, 0.5) is 0 Å². The van der Waals surface area contributed by atoms with Gasteiger partial charge in [-0.15, -0.1) is 0 Å². The van der Waals surface area contributed by atoms with E-state index in [1.165, 1.54) is 135 Å². The highest BCUT2D eigenvalue weighted by atomic mass is 16.3. The van der Waals surface area contributed by atoms with Gasteiger partial charge in [-0.25, -0.2) is 0 Å². The summed E-state index contributed by atoms with van der Waals surface area (Å²) in [5.41, 5.74) is 6.73. The van der Waals surface area contributed by atoms with Gasteiger partial charge in [-0.1, -0.05) is 116 Å². The van der Waals surface area contributed by atoms with Crippen molar-refractivity contribution < 1.29 is 10.2 Å². The predicted molar refractivity (Wildman–Crippen MR) is 159 cm³/mol. The highest BCUT2D eigenvalue weighted by Gasteiger charge is 2.14. The number of hydrogen-bond donors (Lipinski definition) is 2. The van der Waals surface area contributed by atoms with E-state index in [1.54, 1.807) is 22.3 Å². The Hall–Kier alpha value is -0.860. The molecule has 2 heteroatoms. The van der Waals surface area contributed by atoms with Crippen LogP contribution < -0.4 is 0 Å². The van der Waals surface area contributed by atoms with E-state index in [9.17, 15) is 0 Å². The summed E-state index contributed by atoms with van der Waals surface area (Å²) in [6, 6.07) is 5.00. The molecule has 0 saturated carbocycles. The molecule has 0 amide bonds. The molecule has 36 heavy (non-hydrogen) atoms. The Morgan fingerprint density at radius 3 is 1.08 bits per heavy atom. The lowest BCUT2D eigenvalue weighted by molar-refractivity contribution is 0.282. The first-order valence-electron chi connectivity index (χ1n) is 16.1. The van der Waals surface area contributed by atoms with E-state index in [0.29, 0.717) is 13.2 Å². The maximum atomic E-state index is 9.10. The highest BCUT2D eigenvalue weighted by Crippen LogP contribution is 2.28. The van der Waals surface area contributed by atoms with Crippen molar-refractivity contribution in [2.75, 3.05) is 13.2 Å². The van der Waals surface area contributed by atoms with Crippen molar-refractivity contribution in [3.05, 3.63) is 34.4 Å². The summed E-state index contributed by atoms with van der Waals surface area (Å²) in [4.78, 5) is 0. The van der Waals surface area contributed by atoms with E-state index in [0.717, 1.165) is 19.3 Å². The van der Waals surface area contributed by atoms with E-state index in [-0.39, 0.29) is 0 Å². The van der Waals surface area contributed by atoms with Gasteiger partial charge in [0.2, 0.25) is 0 Å². The van der Waals surface area contributed by atoms with Gasteiger partial charge < -0.3 is 10.2 Å². The van der Waals surface area contributed by atoms with Crippen LogP contribution in [-0.4, -0.2) is 23.4 Å². The fourth-order valence-corrected chi connectivity index (χ4v) is 5.61.